The Morgan fingerprint density at radius 1 is 1.14 bits per heavy atom. The van der Waals surface area contributed by atoms with Gasteiger partial charge in [0.05, 0.1) is 5.56 Å². The van der Waals surface area contributed by atoms with Crippen LogP contribution in [0.2, 0.25) is 5.15 Å². The van der Waals surface area contributed by atoms with Crippen LogP contribution in [0.25, 0.3) is 0 Å². The summed E-state index contributed by atoms with van der Waals surface area (Å²) in [6.07, 6.45) is 1.28. The summed E-state index contributed by atoms with van der Waals surface area (Å²) < 4.78 is 17.8. The van der Waals surface area contributed by atoms with Crippen molar-refractivity contribution in [3.8, 4) is 5.75 Å². The van der Waals surface area contributed by atoms with Gasteiger partial charge in [0.2, 0.25) is 0 Å². The van der Waals surface area contributed by atoms with Gasteiger partial charge in [0.1, 0.15) is 16.7 Å². The Labute approximate surface area is 130 Å². The van der Waals surface area contributed by atoms with Crippen molar-refractivity contribution in [1.82, 2.24) is 15.8 Å². The molecular formula is C14H11ClFN3O3. The Hall–Kier alpha value is -2.67. The van der Waals surface area contributed by atoms with Crippen LogP contribution in [0.3, 0.4) is 0 Å². The number of nitrogens with one attached hydrogen (secondary N) is 2. The molecule has 2 aromatic rings. The number of carbonyl (C=O) groups is 2. The number of benzene rings is 1. The second-order valence-corrected chi connectivity index (χ2v) is 4.50. The number of nitrogens with zero attached hydrogens (tertiary/aromatic N) is 1. The average Bonchev–Trinajstić information content (AvgIpc) is 2.52. The lowest BCUT2D eigenvalue weighted by atomic mass is 10.3. The molecule has 1 heterocycles. The van der Waals surface area contributed by atoms with Crippen molar-refractivity contribution in [3.63, 3.8) is 0 Å². The molecule has 0 saturated carbocycles. The number of hydrogen-bond donors (Lipinski definition) is 2. The van der Waals surface area contributed by atoms with E-state index in [1.807, 2.05) is 0 Å². The minimum absolute atomic E-state index is 0.240. The summed E-state index contributed by atoms with van der Waals surface area (Å²) in [5.74, 6) is -1.18. The van der Waals surface area contributed by atoms with Gasteiger partial charge in [-0.1, -0.05) is 11.6 Å². The summed E-state index contributed by atoms with van der Waals surface area (Å²) in [6.45, 7) is -0.329. The summed E-state index contributed by atoms with van der Waals surface area (Å²) in [5.41, 5.74) is 4.62. The number of carbonyl (C=O) groups excluding carboxylic acids is 2. The maximum absolute atomic E-state index is 12.7. The first kappa shape index (κ1) is 15.7. The molecule has 0 radical (unpaired) electrons. The Morgan fingerprint density at radius 3 is 2.50 bits per heavy atom. The molecule has 114 valence electrons. The van der Waals surface area contributed by atoms with Gasteiger partial charge < -0.3 is 4.74 Å². The Balaban J connectivity index is 1.76. The predicted octanol–water partition coefficient (Wildman–Crippen LogP) is 1.71. The monoisotopic (exact) mass is 323 g/mol. The van der Waals surface area contributed by atoms with Crippen LogP contribution >= 0.6 is 11.6 Å². The lowest BCUT2D eigenvalue weighted by Gasteiger charge is -2.08. The zero-order chi connectivity index (χ0) is 15.9. The van der Waals surface area contributed by atoms with E-state index >= 15 is 0 Å². The van der Waals surface area contributed by atoms with Crippen molar-refractivity contribution in [2.24, 2.45) is 0 Å². The molecule has 0 aliphatic rings. The fourth-order valence-electron chi connectivity index (χ4n) is 1.42. The number of ether oxygens (including phenoxy) is 1. The van der Waals surface area contributed by atoms with Gasteiger partial charge in [-0.3, -0.25) is 20.4 Å². The number of hydrogen-bond acceptors (Lipinski definition) is 4. The van der Waals surface area contributed by atoms with Crippen molar-refractivity contribution in [2.75, 3.05) is 6.61 Å². The number of rotatable bonds is 4. The summed E-state index contributed by atoms with van der Waals surface area (Å²) in [6, 6.07) is 8.12. The molecule has 0 fully saturated rings. The molecule has 0 spiro atoms. The van der Waals surface area contributed by atoms with Crippen LogP contribution < -0.4 is 15.6 Å². The van der Waals surface area contributed by atoms with E-state index in [1.54, 1.807) is 0 Å². The number of hydrazine groups is 1. The molecule has 2 amide bonds. The van der Waals surface area contributed by atoms with Crippen LogP contribution in [0.1, 0.15) is 10.4 Å². The van der Waals surface area contributed by atoms with Crippen molar-refractivity contribution < 1.29 is 18.7 Å². The Morgan fingerprint density at radius 2 is 1.86 bits per heavy atom. The van der Waals surface area contributed by atoms with Crippen LogP contribution in [-0.4, -0.2) is 23.4 Å². The molecule has 0 aliphatic carbocycles. The molecule has 6 nitrogen and oxygen atoms in total. The minimum Gasteiger partial charge on any atom is -0.484 e. The molecule has 0 aliphatic heterocycles. The smallest absolute Gasteiger partial charge is 0.276 e. The first-order chi connectivity index (χ1) is 10.5. The van der Waals surface area contributed by atoms with Crippen LogP contribution in [0.4, 0.5) is 4.39 Å². The zero-order valence-corrected chi connectivity index (χ0v) is 11.9. The standard InChI is InChI=1S/C14H11ClFN3O3/c15-12-6-1-9(7-17-12)14(21)19-18-13(20)8-22-11-4-2-10(16)3-5-11/h1-7H,8H2,(H,18,20)(H,19,21). The zero-order valence-electron chi connectivity index (χ0n) is 11.2. The lowest BCUT2D eigenvalue weighted by Crippen LogP contribution is -2.43. The number of amides is 2. The molecule has 0 saturated heterocycles. The minimum atomic E-state index is -0.570. The third-order valence-electron chi connectivity index (χ3n) is 2.49. The molecule has 2 N–H and O–H groups in total. The molecule has 0 atom stereocenters. The highest BCUT2D eigenvalue weighted by molar-refractivity contribution is 6.29. The Bertz CT molecular complexity index is 662. The van der Waals surface area contributed by atoms with Crippen molar-refractivity contribution in [1.29, 1.82) is 0 Å². The summed E-state index contributed by atoms with van der Waals surface area (Å²) in [4.78, 5) is 26.9. The van der Waals surface area contributed by atoms with Gasteiger partial charge in [-0.05, 0) is 36.4 Å². The highest BCUT2D eigenvalue weighted by atomic mass is 35.5. The van der Waals surface area contributed by atoms with E-state index < -0.39 is 17.6 Å². The summed E-state index contributed by atoms with van der Waals surface area (Å²) in [7, 11) is 0. The summed E-state index contributed by atoms with van der Waals surface area (Å²) in [5, 5.41) is 0.258. The molecule has 22 heavy (non-hydrogen) atoms. The number of aromatic nitrogens is 1. The molecule has 0 bridgehead atoms. The van der Waals surface area contributed by atoms with Crippen molar-refractivity contribution in [2.45, 2.75) is 0 Å². The van der Waals surface area contributed by atoms with E-state index in [0.717, 1.165) is 0 Å². The van der Waals surface area contributed by atoms with Crippen molar-refractivity contribution >= 4 is 23.4 Å². The predicted molar refractivity (Wildman–Crippen MR) is 76.8 cm³/mol. The van der Waals surface area contributed by atoms with E-state index in [9.17, 15) is 14.0 Å². The van der Waals surface area contributed by atoms with Gasteiger partial charge in [-0.15, -0.1) is 0 Å². The largest absolute Gasteiger partial charge is 0.484 e. The second kappa shape index (κ2) is 7.37. The third-order valence-corrected chi connectivity index (χ3v) is 2.71. The quantitative estimate of drug-likeness (QED) is 0.663. The number of halogens is 2. The normalized spacial score (nSPS) is 9.91. The van der Waals surface area contributed by atoms with Gasteiger partial charge in [0, 0.05) is 6.20 Å². The fourth-order valence-corrected chi connectivity index (χ4v) is 1.54. The molecule has 1 aromatic carbocycles. The van der Waals surface area contributed by atoms with Crippen LogP contribution in [0.5, 0.6) is 5.75 Å². The SMILES string of the molecule is O=C(COc1ccc(F)cc1)NNC(=O)c1ccc(Cl)nc1. The highest BCUT2D eigenvalue weighted by Gasteiger charge is 2.08. The Kier molecular flexibility index (Phi) is 5.26. The molecule has 2 rings (SSSR count). The van der Waals surface area contributed by atoms with E-state index in [4.69, 9.17) is 16.3 Å². The second-order valence-electron chi connectivity index (χ2n) is 4.11. The molecule has 1 aromatic heterocycles. The van der Waals surface area contributed by atoms with E-state index in [-0.39, 0.29) is 17.3 Å². The molecule has 8 heteroatoms. The highest BCUT2D eigenvalue weighted by Crippen LogP contribution is 2.10. The van der Waals surface area contributed by atoms with Gasteiger partial charge in [-0.2, -0.15) is 0 Å². The molecular weight excluding hydrogens is 313 g/mol. The lowest BCUT2D eigenvalue weighted by molar-refractivity contribution is -0.123. The fraction of sp³-hybridized carbons (Fsp3) is 0.0714. The van der Waals surface area contributed by atoms with Gasteiger partial charge in [0.25, 0.3) is 11.8 Å². The maximum atomic E-state index is 12.7. The maximum Gasteiger partial charge on any atom is 0.276 e. The van der Waals surface area contributed by atoms with E-state index in [0.29, 0.717) is 5.75 Å². The van der Waals surface area contributed by atoms with E-state index in [1.165, 1.54) is 42.6 Å². The first-order valence-corrected chi connectivity index (χ1v) is 6.51. The van der Waals surface area contributed by atoms with Crippen LogP contribution in [0, 0.1) is 5.82 Å². The number of pyridine rings is 1. The first-order valence-electron chi connectivity index (χ1n) is 6.14. The van der Waals surface area contributed by atoms with Gasteiger partial charge >= 0.3 is 0 Å². The van der Waals surface area contributed by atoms with Gasteiger partial charge in [0.15, 0.2) is 6.61 Å². The topological polar surface area (TPSA) is 80.3 Å². The van der Waals surface area contributed by atoms with Gasteiger partial charge in [-0.25, -0.2) is 9.37 Å². The third kappa shape index (κ3) is 4.71. The molecule has 0 unspecified atom stereocenters. The average molecular weight is 324 g/mol. The van der Waals surface area contributed by atoms with E-state index in [2.05, 4.69) is 15.8 Å². The van der Waals surface area contributed by atoms with Crippen molar-refractivity contribution in [3.05, 3.63) is 59.1 Å². The van der Waals surface area contributed by atoms with Crippen LogP contribution in [-0.2, 0) is 4.79 Å². The van der Waals surface area contributed by atoms with Crippen LogP contribution in [0.15, 0.2) is 42.6 Å². The summed E-state index contributed by atoms with van der Waals surface area (Å²) >= 11 is 5.60.